The molecule has 0 spiro atoms. The van der Waals surface area contributed by atoms with E-state index in [1.807, 2.05) is 18.2 Å². The Hall–Kier alpha value is -1.39. The van der Waals surface area contributed by atoms with Crippen molar-refractivity contribution in [3.05, 3.63) is 29.6 Å². The van der Waals surface area contributed by atoms with Crippen molar-refractivity contribution in [1.82, 2.24) is 9.97 Å². The fourth-order valence-corrected chi connectivity index (χ4v) is 2.57. The van der Waals surface area contributed by atoms with Crippen LogP contribution in [0.1, 0.15) is 44.0 Å². The van der Waals surface area contributed by atoms with Gasteiger partial charge in [-0.3, -0.25) is 0 Å². The number of fused-ring (bicyclic) bond motifs is 1. The average Bonchev–Trinajstić information content (AvgIpc) is 2.81. The fraction of sp³-hybridized carbons (Fsp3) is 0.533. The molecule has 1 aliphatic rings. The van der Waals surface area contributed by atoms with Crippen LogP contribution in [-0.4, -0.2) is 28.3 Å². The van der Waals surface area contributed by atoms with Crippen LogP contribution < -0.4 is 0 Å². The topological polar surface area (TPSA) is 58.1 Å². The van der Waals surface area contributed by atoms with E-state index in [0.717, 1.165) is 48.5 Å². The van der Waals surface area contributed by atoms with Crippen molar-refractivity contribution in [2.24, 2.45) is 0 Å². The second kappa shape index (κ2) is 4.62. The molecule has 1 aromatic carbocycles. The van der Waals surface area contributed by atoms with Crippen LogP contribution in [0.2, 0.25) is 0 Å². The lowest BCUT2D eigenvalue weighted by Crippen LogP contribution is -2.15. The highest BCUT2D eigenvalue weighted by molar-refractivity contribution is 5.76. The number of aromatic nitrogens is 2. The molecule has 1 aromatic heterocycles. The van der Waals surface area contributed by atoms with Crippen molar-refractivity contribution in [3.8, 4) is 0 Å². The van der Waals surface area contributed by atoms with Gasteiger partial charge in [-0.05, 0) is 44.4 Å². The van der Waals surface area contributed by atoms with Crippen molar-refractivity contribution < 1.29 is 9.84 Å². The largest absolute Gasteiger partial charge is 0.386 e. The Morgan fingerprint density at radius 1 is 1.32 bits per heavy atom. The number of imidazole rings is 1. The summed E-state index contributed by atoms with van der Waals surface area (Å²) in [5.41, 5.74) is 2.05. The molecule has 2 N–H and O–H groups in total. The van der Waals surface area contributed by atoms with Gasteiger partial charge in [0.05, 0.1) is 16.6 Å². The molecule has 3 rings (SSSR count). The van der Waals surface area contributed by atoms with Crippen LogP contribution in [0, 0.1) is 0 Å². The zero-order valence-electron chi connectivity index (χ0n) is 11.4. The summed E-state index contributed by atoms with van der Waals surface area (Å²) >= 11 is 0. The highest BCUT2D eigenvalue weighted by Gasteiger charge is 2.21. The van der Waals surface area contributed by atoms with Gasteiger partial charge in [0, 0.05) is 19.1 Å². The molecule has 1 fully saturated rings. The van der Waals surface area contributed by atoms with Gasteiger partial charge < -0.3 is 14.8 Å². The summed E-state index contributed by atoms with van der Waals surface area (Å²) in [6.07, 6.45) is 2.05. The van der Waals surface area contributed by atoms with E-state index in [-0.39, 0.29) is 0 Å². The average molecular weight is 260 g/mol. The van der Waals surface area contributed by atoms with E-state index in [2.05, 4.69) is 9.97 Å². The minimum atomic E-state index is -0.821. The van der Waals surface area contributed by atoms with Crippen LogP contribution in [0.3, 0.4) is 0 Å². The molecule has 102 valence electrons. The first-order valence-electron chi connectivity index (χ1n) is 6.84. The van der Waals surface area contributed by atoms with Crippen molar-refractivity contribution in [3.63, 3.8) is 0 Å². The molecule has 0 bridgehead atoms. The van der Waals surface area contributed by atoms with E-state index in [0.29, 0.717) is 5.92 Å². The Labute approximate surface area is 112 Å². The van der Waals surface area contributed by atoms with Crippen LogP contribution in [0.25, 0.3) is 11.0 Å². The number of nitrogens with zero attached hydrogens (tertiary/aromatic N) is 1. The summed E-state index contributed by atoms with van der Waals surface area (Å²) in [7, 11) is 0. The SMILES string of the molecule is CC(C)(O)c1ccc2nc(C3CCOCC3)[nH]c2c1. The van der Waals surface area contributed by atoms with E-state index in [9.17, 15) is 5.11 Å². The van der Waals surface area contributed by atoms with Gasteiger partial charge in [0.25, 0.3) is 0 Å². The lowest BCUT2D eigenvalue weighted by Gasteiger charge is -2.19. The van der Waals surface area contributed by atoms with Crippen LogP contribution >= 0.6 is 0 Å². The molecule has 0 aliphatic carbocycles. The lowest BCUT2D eigenvalue weighted by molar-refractivity contribution is 0.0787. The number of hydrogen-bond acceptors (Lipinski definition) is 3. The van der Waals surface area contributed by atoms with Gasteiger partial charge >= 0.3 is 0 Å². The predicted molar refractivity (Wildman–Crippen MR) is 74.1 cm³/mol. The molecule has 0 radical (unpaired) electrons. The zero-order chi connectivity index (χ0) is 13.5. The summed E-state index contributed by atoms with van der Waals surface area (Å²) in [5, 5.41) is 10.1. The number of hydrogen-bond donors (Lipinski definition) is 2. The maximum atomic E-state index is 10.1. The standard InChI is InChI=1S/C15H20N2O2/c1-15(2,18)11-3-4-12-13(9-11)17-14(16-12)10-5-7-19-8-6-10/h3-4,9-10,18H,5-8H2,1-2H3,(H,16,17). The molecule has 1 saturated heterocycles. The minimum absolute atomic E-state index is 0.465. The Morgan fingerprint density at radius 3 is 2.74 bits per heavy atom. The van der Waals surface area contributed by atoms with Crippen LogP contribution in [0.15, 0.2) is 18.2 Å². The first-order valence-corrected chi connectivity index (χ1v) is 6.84. The smallest absolute Gasteiger partial charge is 0.110 e. The zero-order valence-corrected chi connectivity index (χ0v) is 11.4. The van der Waals surface area contributed by atoms with Gasteiger partial charge in [-0.1, -0.05) is 6.07 Å². The van der Waals surface area contributed by atoms with Crippen molar-refractivity contribution in [2.45, 2.75) is 38.2 Å². The Kier molecular flexibility index (Phi) is 3.07. The van der Waals surface area contributed by atoms with Gasteiger partial charge in [0.1, 0.15) is 5.82 Å². The van der Waals surface area contributed by atoms with Gasteiger partial charge in [0.15, 0.2) is 0 Å². The van der Waals surface area contributed by atoms with Gasteiger partial charge in [-0.2, -0.15) is 0 Å². The first-order chi connectivity index (χ1) is 9.04. The number of ether oxygens (including phenoxy) is 1. The number of aromatic amines is 1. The third-order valence-electron chi connectivity index (χ3n) is 3.81. The molecular formula is C15H20N2O2. The Bertz CT molecular complexity index is 577. The van der Waals surface area contributed by atoms with Crippen LogP contribution in [0.4, 0.5) is 0 Å². The number of nitrogens with one attached hydrogen (secondary N) is 1. The van der Waals surface area contributed by atoms with Crippen LogP contribution in [-0.2, 0) is 10.3 Å². The molecule has 1 aliphatic heterocycles. The number of aliphatic hydroxyl groups is 1. The molecule has 4 heteroatoms. The summed E-state index contributed by atoms with van der Waals surface area (Å²) in [6, 6.07) is 5.91. The predicted octanol–water partition coefficient (Wildman–Crippen LogP) is 2.68. The highest BCUT2D eigenvalue weighted by atomic mass is 16.5. The molecule has 2 heterocycles. The van der Waals surface area contributed by atoms with Gasteiger partial charge in [0.2, 0.25) is 0 Å². The van der Waals surface area contributed by atoms with Gasteiger partial charge in [-0.25, -0.2) is 4.98 Å². The molecule has 0 atom stereocenters. The first kappa shape index (κ1) is 12.6. The van der Waals surface area contributed by atoms with Crippen molar-refractivity contribution in [2.75, 3.05) is 13.2 Å². The molecule has 0 saturated carbocycles. The normalized spacial score (nSPS) is 18.1. The summed E-state index contributed by atoms with van der Waals surface area (Å²) in [6.45, 7) is 5.22. The van der Waals surface area contributed by atoms with E-state index >= 15 is 0 Å². The van der Waals surface area contributed by atoms with Crippen LogP contribution in [0.5, 0.6) is 0 Å². The highest BCUT2D eigenvalue weighted by Crippen LogP contribution is 2.28. The second-order valence-electron chi connectivity index (χ2n) is 5.80. The summed E-state index contributed by atoms with van der Waals surface area (Å²) in [5.74, 6) is 1.51. The monoisotopic (exact) mass is 260 g/mol. The maximum Gasteiger partial charge on any atom is 0.110 e. The molecule has 4 nitrogen and oxygen atoms in total. The molecule has 2 aromatic rings. The quantitative estimate of drug-likeness (QED) is 0.872. The Balaban J connectivity index is 1.96. The van der Waals surface area contributed by atoms with Crippen molar-refractivity contribution >= 4 is 11.0 Å². The number of rotatable bonds is 2. The molecule has 0 amide bonds. The number of H-pyrrole nitrogens is 1. The third-order valence-corrected chi connectivity index (χ3v) is 3.81. The fourth-order valence-electron chi connectivity index (χ4n) is 2.57. The lowest BCUT2D eigenvalue weighted by atomic mass is 9.98. The van der Waals surface area contributed by atoms with E-state index in [4.69, 9.17) is 4.74 Å². The summed E-state index contributed by atoms with van der Waals surface area (Å²) in [4.78, 5) is 8.07. The molecule has 0 unspecified atom stereocenters. The van der Waals surface area contributed by atoms with Crippen molar-refractivity contribution in [1.29, 1.82) is 0 Å². The van der Waals surface area contributed by atoms with E-state index in [1.165, 1.54) is 0 Å². The third kappa shape index (κ3) is 2.51. The summed E-state index contributed by atoms with van der Waals surface area (Å²) < 4.78 is 5.38. The molecular weight excluding hydrogens is 240 g/mol. The van der Waals surface area contributed by atoms with E-state index in [1.54, 1.807) is 13.8 Å². The Morgan fingerprint density at radius 2 is 2.05 bits per heavy atom. The number of benzene rings is 1. The second-order valence-corrected chi connectivity index (χ2v) is 5.80. The maximum absolute atomic E-state index is 10.1. The van der Waals surface area contributed by atoms with E-state index < -0.39 is 5.60 Å². The minimum Gasteiger partial charge on any atom is -0.386 e. The van der Waals surface area contributed by atoms with Gasteiger partial charge in [-0.15, -0.1) is 0 Å². The molecule has 19 heavy (non-hydrogen) atoms.